The van der Waals surface area contributed by atoms with Gasteiger partial charge in [-0.2, -0.15) is 0 Å². The number of benzene rings is 1. The Morgan fingerprint density at radius 3 is 3.05 bits per heavy atom. The number of nitrogens with one attached hydrogen (secondary N) is 1. The fourth-order valence-corrected chi connectivity index (χ4v) is 3.43. The molecule has 1 aliphatic rings. The summed E-state index contributed by atoms with van der Waals surface area (Å²) in [6.45, 7) is 6.02. The third-order valence-corrected chi connectivity index (χ3v) is 4.72. The van der Waals surface area contributed by atoms with Gasteiger partial charge in [-0.3, -0.25) is 0 Å². The maximum atomic E-state index is 5.78. The number of para-hydroxylation sites is 1. The number of fused-ring (bicyclic) bond motifs is 1. The molecule has 1 aromatic carbocycles. The second kappa shape index (κ2) is 5.94. The highest BCUT2D eigenvalue weighted by Crippen LogP contribution is 2.34. The summed E-state index contributed by atoms with van der Waals surface area (Å²) in [5, 5.41) is 7.00. The number of aryl methyl sites for hydroxylation is 1. The number of hydrogen-bond acceptors (Lipinski definition) is 4. The largest absolute Gasteiger partial charge is 0.493 e. The van der Waals surface area contributed by atoms with Gasteiger partial charge in [-0.15, -0.1) is 11.3 Å². The van der Waals surface area contributed by atoms with E-state index in [0.29, 0.717) is 12.0 Å². The van der Waals surface area contributed by atoms with Crippen molar-refractivity contribution < 1.29 is 4.74 Å². The minimum absolute atomic E-state index is 0.376. The van der Waals surface area contributed by atoms with Gasteiger partial charge in [0.1, 0.15) is 5.75 Å². The Labute approximate surface area is 124 Å². The van der Waals surface area contributed by atoms with Gasteiger partial charge in [-0.1, -0.05) is 25.1 Å². The predicted molar refractivity (Wildman–Crippen MR) is 82.4 cm³/mol. The zero-order valence-electron chi connectivity index (χ0n) is 11.9. The van der Waals surface area contributed by atoms with Crippen LogP contribution < -0.4 is 10.1 Å². The van der Waals surface area contributed by atoms with Crippen LogP contribution in [0, 0.1) is 12.8 Å². The number of ether oxygens (including phenoxy) is 1. The minimum Gasteiger partial charge on any atom is -0.493 e. The fourth-order valence-electron chi connectivity index (χ4n) is 2.66. The second-order valence-electron chi connectivity index (χ2n) is 5.39. The van der Waals surface area contributed by atoms with Crippen LogP contribution in [0.3, 0.4) is 0 Å². The van der Waals surface area contributed by atoms with Gasteiger partial charge in [0, 0.05) is 41.6 Å². The van der Waals surface area contributed by atoms with Gasteiger partial charge >= 0.3 is 0 Å². The van der Waals surface area contributed by atoms with Crippen LogP contribution in [0.5, 0.6) is 5.75 Å². The lowest BCUT2D eigenvalue weighted by atomic mass is 9.92. The van der Waals surface area contributed by atoms with Gasteiger partial charge in [-0.05, 0) is 13.0 Å². The van der Waals surface area contributed by atoms with E-state index >= 15 is 0 Å². The van der Waals surface area contributed by atoms with Crippen LogP contribution in [0.4, 0.5) is 0 Å². The Morgan fingerprint density at radius 2 is 2.25 bits per heavy atom. The molecule has 1 aromatic heterocycles. The molecule has 0 saturated carbocycles. The molecule has 1 N–H and O–H groups in total. The molecule has 0 fully saturated rings. The van der Waals surface area contributed by atoms with E-state index in [1.54, 1.807) is 11.3 Å². The SMILES string of the molecule is Cc1csc(CCNC2c3ccccc3OCC2C)n1. The Balaban J connectivity index is 1.64. The molecular weight excluding hydrogens is 268 g/mol. The highest BCUT2D eigenvalue weighted by atomic mass is 32.1. The minimum atomic E-state index is 0.376. The molecule has 2 aromatic rings. The summed E-state index contributed by atoms with van der Waals surface area (Å²) >= 11 is 1.75. The molecule has 1 aliphatic heterocycles. The molecule has 20 heavy (non-hydrogen) atoms. The zero-order chi connectivity index (χ0) is 13.9. The van der Waals surface area contributed by atoms with Gasteiger partial charge in [0.2, 0.25) is 0 Å². The van der Waals surface area contributed by atoms with Gasteiger partial charge in [-0.25, -0.2) is 4.98 Å². The van der Waals surface area contributed by atoms with Crippen molar-refractivity contribution in [1.29, 1.82) is 0 Å². The Bertz CT molecular complexity index is 581. The van der Waals surface area contributed by atoms with Crippen LogP contribution in [-0.4, -0.2) is 18.1 Å². The summed E-state index contributed by atoms with van der Waals surface area (Å²) < 4.78 is 5.78. The lowest BCUT2D eigenvalue weighted by Crippen LogP contribution is -2.35. The van der Waals surface area contributed by atoms with Crippen molar-refractivity contribution in [1.82, 2.24) is 10.3 Å². The molecule has 0 bridgehead atoms. The first kappa shape index (κ1) is 13.6. The molecule has 2 heterocycles. The van der Waals surface area contributed by atoms with E-state index in [1.165, 1.54) is 10.6 Å². The molecule has 106 valence electrons. The Kier molecular flexibility index (Phi) is 4.03. The predicted octanol–water partition coefficient (Wildman–Crippen LogP) is 3.35. The van der Waals surface area contributed by atoms with Crippen LogP contribution in [0.1, 0.15) is 29.2 Å². The molecule has 0 amide bonds. The number of rotatable bonds is 4. The summed E-state index contributed by atoms with van der Waals surface area (Å²) in [5.41, 5.74) is 2.40. The first-order chi connectivity index (χ1) is 9.74. The lowest BCUT2D eigenvalue weighted by Gasteiger charge is -2.32. The van der Waals surface area contributed by atoms with Gasteiger partial charge in [0.25, 0.3) is 0 Å². The van der Waals surface area contributed by atoms with Crippen LogP contribution in [0.15, 0.2) is 29.6 Å². The van der Waals surface area contributed by atoms with Crippen LogP contribution in [0.2, 0.25) is 0 Å². The average molecular weight is 288 g/mol. The number of aromatic nitrogens is 1. The topological polar surface area (TPSA) is 34.1 Å². The monoisotopic (exact) mass is 288 g/mol. The van der Waals surface area contributed by atoms with Gasteiger partial charge in [0.05, 0.1) is 11.6 Å². The smallest absolute Gasteiger partial charge is 0.124 e. The average Bonchev–Trinajstić information content (AvgIpc) is 2.87. The van der Waals surface area contributed by atoms with Crippen LogP contribution in [0.25, 0.3) is 0 Å². The van der Waals surface area contributed by atoms with Crippen molar-refractivity contribution in [3.05, 3.63) is 45.9 Å². The highest BCUT2D eigenvalue weighted by molar-refractivity contribution is 7.09. The first-order valence-electron chi connectivity index (χ1n) is 7.10. The summed E-state index contributed by atoms with van der Waals surface area (Å²) in [4.78, 5) is 4.51. The van der Waals surface area contributed by atoms with E-state index in [0.717, 1.165) is 31.0 Å². The first-order valence-corrected chi connectivity index (χ1v) is 7.98. The Morgan fingerprint density at radius 1 is 1.40 bits per heavy atom. The maximum Gasteiger partial charge on any atom is 0.124 e. The van der Waals surface area contributed by atoms with Crippen molar-refractivity contribution in [2.24, 2.45) is 5.92 Å². The fraction of sp³-hybridized carbons (Fsp3) is 0.438. The van der Waals surface area contributed by atoms with Crippen molar-refractivity contribution >= 4 is 11.3 Å². The summed E-state index contributed by atoms with van der Waals surface area (Å²) in [6.07, 6.45) is 0.991. The van der Waals surface area contributed by atoms with Crippen molar-refractivity contribution in [3.8, 4) is 5.75 Å². The van der Waals surface area contributed by atoms with Gasteiger partial charge < -0.3 is 10.1 Å². The molecule has 0 saturated heterocycles. The molecule has 3 nitrogen and oxygen atoms in total. The van der Waals surface area contributed by atoms with E-state index in [4.69, 9.17) is 4.74 Å². The van der Waals surface area contributed by atoms with Crippen molar-refractivity contribution in [3.63, 3.8) is 0 Å². The quantitative estimate of drug-likeness (QED) is 0.937. The van der Waals surface area contributed by atoms with Crippen LogP contribution >= 0.6 is 11.3 Å². The standard InChI is InChI=1S/C16H20N2OS/c1-11-9-19-14-6-4-3-5-13(14)16(11)17-8-7-15-18-12(2)10-20-15/h3-6,10-11,16-17H,7-9H2,1-2H3. The summed E-state index contributed by atoms with van der Waals surface area (Å²) in [5.74, 6) is 1.51. The normalized spacial score (nSPS) is 21.3. The van der Waals surface area contributed by atoms with Crippen molar-refractivity contribution in [2.45, 2.75) is 26.3 Å². The maximum absolute atomic E-state index is 5.78. The van der Waals surface area contributed by atoms with E-state index in [2.05, 4.69) is 40.8 Å². The summed E-state index contributed by atoms with van der Waals surface area (Å²) in [7, 11) is 0. The third kappa shape index (κ3) is 2.86. The molecule has 0 radical (unpaired) electrons. The lowest BCUT2D eigenvalue weighted by molar-refractivity contribution is 0.189. The van der Waals surface area contributed by atoms with E-state index < -0.39 is 0 Å². The van der Waals surface area contributed by atoms with E-state index in [9.17, 15) is 0 Å². The van der Waals surface area contributed by atoms with Crippen molar-refractivity contribution in [2.75, 3.05) is 13.2 Å². The number of hydrogen-bond donors (Lipinski definition) is 1. The molecule has 4 heteroatoms. The zero-order valence-corrected chi connectivity index (χ0v) is 12.7. The third-order valence-electron chi connectivity index (χ3n) is 3.69. The number of nitrogens with zero attached hydrogens (tertiary/aromatic N) is 1. The molecule has 3 rings (SSSR count). The van der Waals surface area contributed by atoms with E-state index in [1.807, 2.05) is 13.0 Å². The van der Waals surface area contributed by atoms with Gasteiger partial charge in [0.15, 0.2) is 0 Å². The molecule has 2 unspecified atom stereocenters. The molecular formula is C16H20N2OS. The molecule has 2 atom stereocenters. The number of thiazole rings is 1. The second-order valence-corrected chi connectivity index (χ2v) is 6.33. The Hall–Kier alpha value is -1.39. The highest BCUT2D eigenvalue weighted by Gasteiger charge is 2.26. The van der Waals surface area contributed by atoms with Crippen LogP contribution in [-0.2, 0) is 6.42 Å². The molecule has 0 aliphatic carbocycles. The summed E-state index contributed by atoms with van der Waals surface area (Å²) in [6, 6.07) is 8.71. The van der Waals surface area contributed by atoms with E-state index in [-0.39, 0.29) is 0 Å². The molecule has 0 spiro atoms.